The van der Waals surface area contributed by atoms with Gasteiger partial charge in [0, 0.05) is 10.9 Å². The van der Waals surface area contributed by atoms with Crippen LogP contribution in [0.3, 0.4) is 0 Å². The standard InChI is InChI=1S/C23H25N3O3S/c1-29-22-10-6-5-9-18(22)19-15-30-23(25-17-7-3-2-4-8-17)26(19)24-14-16-11-12-20(27)21(28)13-16/h5-6,9-15,17,27-28H,2-4,7-8H2,1H3. The van der Waals surface area contributed by atoms with Gasteiger partial charge in [-0.15, -0.1) is 11.3 Å². The number of ether oxygens (including phenoxy) is 1. The zero-order chi connectivity index (χ0) is 20.9. The topological polar surface area (TPSA) is 79.3 Å². The van der Waals surface area contributed by atoms with E-state index in [-0.39, 0.29) is 11.5 Å². The van der Waals surface area contributed by atoms with Gasteiger partial charge in [-0.2, -0.15) is 5.10 Å². The van der Waals surface area contributed by atoms with Crippen molar-refractivity contribution in [3.8, 4) is 28.5 Å². The van der Waals surface area contributed by atoms with Crippen molar-refractivity contribution in [1.82, 2.24) is 4.68 Å². The lowest BCUT2D eigenvalue weighted by molar-refractivity contribution is 0.403. The summed E-state index contributed by atoms with van der Waals surface area (Å²) in [5, 5.41) is 26.1. The third-order valence-corrected chi connectivity index (χ3v) is 6.09. The van der Waals surface area contributed by atoms with Crippen LogP contribution in [0.1, 0.15) is 37.7 Å². The highest BCUT2D eigenvalue weighted by Gasteiger charge is 2.15. The molecular weight excluding hydrogens is 398 g/mol. The lowest BCUT2D eigenvalue weighted by Gasteiger charge is -2.17. The SMILES string of the molecule is COc1ccccc1-c1csc(=NC2CCCCC2)n1N=Cc1ccc(O)c(O)c1. The molecule has 1 heterocycles. The molecule has 0 bridgehead atoms. The third-order valence-electron chi connectivity index (χ3n) is 5.26. The summed E-state index contributed by atoms with van der Waals surface area (Å²) in [6, 6.07) is 12.8. The van der Waals surface area contributed by atoms with Crippen molar-refractivity contribution in [2.24, 2.45) is 10.1 Å². The highest BCUT2D eigenvalue weighted by atomic mass is 32.1. The van der Waals surface area contributed by atoms with E-state index >= 15 is 0 Å². The van der Waals surface area contributed by atoms with Gasteiger partial charge in [-0.1, -0.05) is 31.4 Å². The zero-order valence-corrected chi connectivity index (χ0v) is 17.7. The van der Waals surface area contributed by atoms with Crippen LogP contribution < -0.4 is 9.54 Å². The average Bonchev–Trinajstić information content (AvgIpc) is 3.17. The number of thiazole rings is 1. The molecule has 0 saturated heterocycles. The summed E-state index contributed by atoms with van der Waals surface area (Å²) in [7, 11) is 1.66. The van der Waals surface area contributed by atoms with E-state index in [4.69, 9.17) is 9.73 Å². The maximum Gasteiger partial charge on any atom is 0.206 e. The van der Waals surface area contributed by atoms with Gasteiger partial charge in [0.1, 0.15) is 5.75 Å². The first kappa shape index (κ1) is 20.2. The van der Waals surface area contributed by atoms with Gasteiger partial charge in [-0.25, -0.2) is 4.68 Å². The molecule has 0 unspecified atom stereocenters. The van der Waals surface area contributed by atoms with Crippen LogP contribution in [-0.4, -0.2) is 34.3 Å². The number of rotatable bonds is 5. The molecule has 3 aromatic rings. The number of benzene rings is 2. The van der Waals surface area contributed by atoms with Crippen LogP contribution in [0.15, 0.2) is 57.9 Å². The quantitative estimate of drug-likeness (QED) is 0.459. The Morgan fingerprint density at radius 2 is 1.87 bits per heavy atom. The predicted molar refractivity (Wildman–Crippen MR) is 119 cm³/mol. The van der Waals surface area contributed by atoms with Gasteiger partial charge in [0.2, 0.25) is 4.80 Å². The van der Waals surface area contributed by atoms with Crippen molar-refractivity contribution in [3.05, 3.63) is 58.2 Å². The minimum atomic E-state index is -0.175. The number of para-hydroxylation sites is 1. The second kappa shape index (κ2) is 9.17. The molecular formula is C23H25N3O3S. The van der Waals surface area contributed by atoms with Gasteiger partial charge in [-0.3, -0.25) is 4.99 Å². The van der Waals surface area contributed by atoms with Crippen LogP contribution in [0.2, 0.25) is 0 Å². The number of nitrogens with zero attached hydrogens (tertiary/aromatic N) is 3. The Morgan fingerprint density at radius 3 is 2.63 bits per heavy atom. The second-order valence-electron chi connectivity index (χ2n) is 7.33. The fourth-order valence-electron chi connectivity index (χ4n) is 3.65. The molecule has 6 nitrogen and oxygen atoms in total. The second-order valence-corrected chi connectivity index (χ2v) is 8.17. The molecule has 4 rings (SSSR count). The van der Waals surface area contributed by atoms with Gasteiger partial charge in [0.05, 0.1) is 25.1 Å². The molecule has 2 N–H and O–H groups in total. The molecule has 0 spiro atoms. The summed E-state index contributed by atoms with van der Waals surface area (Å²) in [5.41, 5.74) is 2.51. The van der Waals surface area contributed by atoms with Gasteiger partial charge in [0.25, 0.3) is 0 Å². The summed E-state index contributed by atoms with van der Waals surface area (Å²) in [5.74, 6) is 0.440. The minimum absolute atomic E-state index is 0.155. The fraction of sp³-hybridized carbons (Fsp3) is 0.304. The molecule has 7 heteroatoms. The maximum atomic E-state index is 9.78. The van der Waals surface area contributed by atoms with Crippen LogP contribution >= 0.6 is 11.3 Å². The fourth-order valence-corrected chi connectivity index (χ4v) is 4.55. The molecule has 0 atom stereocenters. The summed E-state index contributed by atoms with van der Waals surface area (Å²) in [6.45, 7) is 0. The lowest BCUT2D eigenvalue weighted by Crippen LogP contribution is -2.19. The Kier molecular flexibility index (Phi) is 6.18. The first-order valence-corrected chi connectivity index (χ1v) is 11.0. The van der Waals surface area contributed by atoms with Gasteiger partial charge >= 0.3 is 0 Å². The molecule has 1 aromatic heterocycles. The smallest absolute Gasteiger partial charge is 0.206 e. The first-order chi connectivity index (χ1) is 14.7. The molecule has 1 fully saturated rings. The Hall–Kier alpha value is -3.06. The summed E-state index contributed by atoms with van der Waals surface area (Å²) in [6.07, 6.45) is 7.59. The van der Waals surface area contributed by atoms with Gasteiger partial charge in [0.15, 0.2) is 11.5 Å². The molecule has 1 saturated carbocycles. The van der Waals surface area contributed by atoms with Crippen LogP contribution in [0.25, 0.3) is 11.3 Å². The minimum Gasteiger partial charge on any atom is -0.504 e. The zero-order valence-electron chi connectivity index (χ0n) is 16.9. The van der Waals surface area contributed by atoms with E-state index in [9.17, 15) is 10.2 Å². The number of phenols is 2. The van der Waals surface area contributed by atoms with Crippen LogP contribution in [0.5, 0.6) is 17.2 Å². The Balaban J connectivity index is 1.80. The third kappa shape index (κ3) is 4.41. The highest BCUT2D eigenvalue weighted by molar-refractivity contribution is 7.07. The van der Waals surface area contributed by atoms with E-state index in [0.29, 0.717) is 11.6 Å². The van der Waals surface area contributed by atoms with E-state index < -0.39 is 0 Å². The molecule has 0 radical (unpaired) electrons. The Labute approximate surface area is 179 Å². The normalized spacial score (nSPS) is 15.7. The molecule has 2 aromatic carbocycles. The molecule has 1 aliphatic rings. The van der Waals surface area contributed by atoms with E-state index in [1.807, 2.05) is 34.3 Å². The molecule has 0 amide bonds. The summed E-state index contributed by atoms with van der Waals surface area (Å²) >= 11 is 1.56. The predicted octanol–water partition coefficient (Wildman–Crippen LogP) is 4.75. The molecule has 156 valence electrons. The lowest BCUT2D eigenvalue weighted by atomic mass is 9.96. The monoisotopic (exact) mass is 423 g/mol. The maximum absolute atomic E-state index is 9.78. The van der Waals surface area contributed by atoms with E-state index in [1.165, 1.54) is 31.4 Å². The van der Waals surface area contributed by atoms with Crippen molar-refractivity contribution >= 4 is 17.6 Å². The number of methoxy groups -OCH3 is 1. The summed E-state index contributed by atoms with van der Waals surface area (Å²) in [4.78, 5) is 5.84. The average molecular weight is 424 g/mol. The van der Waals surface area contributed by atoms with E-state index in [1.54, 1.807) is 30.7 Å². The van der Waals surface area contributed by atoms with Crippen LogP contribution in [0.4, 0.5) is 0 Å². The van der Waals surface area contributed by atoms with Crippen molar-refractivity contribution in [2.75, 3.05) is 7.11 Å². The van der Waals surface area contributed by atoms with Gasteiger partial charge < -0.3 is 14.9 Å². The highest BCUT2D eigenvalue weighted by Crippen LogP contribution is 2.30. The van der Waals surface area contributed by atoms with Crippen molar-refractivity contribution in [3.63, 3.8) is 0 Å². The number of hydrogen-bond donors (Lipinski definition) is 2. The van der Waals surface area contributed by atoms with Crippen LogP contribution in [0, 0.1) is 0 Å². The Morgan fingerprint density at radius 1 is 1.07 bits per heavy atom. The van der Waals surface area contributed by atoms with Crippen molar-refractivity contribution in [1.29, 1.82) is 0 Å². The summed E-state index contributed by atoms with van der Waals surface area (Å²) < 4.78 is 7.39. The Bertz CT molecular complexity index is 1110. The largest absolute Gasteiger partial charge is 0.504 e. The van der Waals surface area contributed by atoms with Crippen LogP contribution in [-0.2, 0) is 0 Å². The number of hydrogen-bond acceptors (Lipinski definition) is 6. The van der Waals surface area contributed by atoms with Crippen molar-refractivity contribution < 1.29 is 14.9 Å². The number of aromatic hydroxyl groups is 2. The molecule has 30 heavy (non-hydrogen) atoms. The van der Waals surface area contributed by atoms with E-state index in [0.717, 1.165) is 34.6 Å². The molecule has 1 aliphatic carbocycles. The van der Waals surface area contributed by atoms with Gasteiger partial charge in [-0.05, 0) is 48.7 Å². The number of phenolic OH excluding ortho intramolecular Hbond substituents is 2. The number of aromatic nitrogens is 1. The van der Waals surface area contributed by atoms with Crippen molar-refractivity contribution in [2.45, 2.75) is 38.1 Å². The molecule has 0 aliphatic heterocycles. The first-order valence-electron chi connectivity index (χ1n) is 10.1. The van der Waals surface area contributed by atoms with E-state index in [2.05, 4.69) is 5.10 Å².